The lowest BCUT2D eigenvalue weighted by atomic mass is 9.71. The van der Waals surface area contributed by atoms with Gasteiger partial charge in [0, 0.05) is 12.1 Å². The summed E-state index contributed by atoms with van der Waals surface area (Å²) in [6, 6.07) is 1.06. The third-order valence-electron chi connectivity index (χ3n) is 6.14. The fraction of sp³-hybridized carbons (Fsp3) is 1.00. The maximum Gasteiger partial charge on any atom is 0.0693 e. The van der Waals surface area contributed by atoms with E-state index in [-0.39, 0.29) is 6.10 Å². The van der Waals surface area contributed by atoms with Gasteiger partial charge in [-0.1, -0.05) is 32.1 Å². The number of nitrogens with one attached hydrogen (secondary N) is 1. The molecule has 0 aromatic carbocycles. The molecule has 19 heavy (non-hydrogen) atoms. The normalized spacial score (nSPS) is 36.5. The molecular weight excluding hydrogens is 234 g/mol. The van der Waals surface area contributed by atoms with E-state index in [1.165, 1.54) is 77.0 Å². The van der Waals surface area contributed by atoms with Crippen LogP contribution < -0.4 is 5.32 Å². The topological polar surface area (TPSA) is 32.3 Å². The average Bonchev–Trinajstić information content (AvgIpc) is 2.78. The highest BCUT2D eigenvalue weighted by Crippen LogP contribution is 2.48. The minimum absolute atomic E-state index is 0.0927. The van der Waals surface area contributed by atoms with Crippen molar-refractivity contribution in [1.29, 1.82) is 0 Å². The summed E-state index contributed by atoms with van der Waals surface area (Å²) in [5.41, 5.74) is 0.736. The van der Waals surface area contributed by atoms with Gasteiger partial charge in [0.25, 0.3) is 0 Å². The van der Waals surface area contributed by atoms with E-state index >= 15 is 0 Å². The molecule has 0 bridgehead atoms. The largest absolute Gasteiger partial charge is 0.392 e. The smallest absolute Gasteiger partial charge is 0.0693 e. The highest BCUT2D eigenvalue weighted by Gasteiger charge is 2.38. The van der Waals surface area contributed by atoms with Gasteiger partial charge in [0.1, 0.15) is 0 Å². The molecule has 0 amide bonds. The van der Waals surface area contributed by atoms with Crippen molar-refractivity contribution >= 4 is 0 Å². The lowest BCUT2D eigenvalue weighted by Gasteiger charge is -2.39. The van der Waals surface area contributed by atoms with Crippen LogP contribution in [0.4, 0.5) is 0 Å². The second-order valence-corrected chi connectivity index (χ2v) is 7.46. The van der Waals surface area contributed by atoms with E-state index in [9.17, 15) is 5.11 Å². The third-order valence-corrected chi connectivity index (χ3v) is 6.14. The minimum atomic E-state index is -0.0927. The molecule has 2 N–H and O–H groups in total. The van der Waals surface area contributed by atoms with Crippen molar-refractivity contribution in [3.05, 3.63) is 0 Å². The first-order chi connectivity index (χ1) is 9.27. The summed E-state index contributed by atoms with van der Waals surface area (Å²) in [7, 11) is 0. The van der Waals surface area contributed by atoms with Crippen molar-refractivity contribution in [2.75, 3.05) is 0 Å². The molecule has 3 aliphatic rings. The van der Waals surface area contributed by atoms with E-state index in [4.69, 9.17) is 0 Å². The lowest BCUT2D eigenvalue weighted by molar-refractivity contribution is 0.0969. The summed E-state index contributed by atoms with van der Waals surface area (Å²) < 4.78 is 0. The quantitative estimate of drug-likeness (QED) is 0.745. The summed E-state index contributed by atoms with van der Waals surface area (Å²) in [5, 5.41) is 14.0. The molecule has 3 rings (SSSR count). The van der Waals surface area contributed by atoms with E-state index in [0.717, 1.165) is 11.8 Å². The highest BCUT2D eigenvalue weighted by atomic mass is 16.3. The van der Waals surface area contributed by atoms with Crippen molar-refractivity contribution in [3.8, 4) is 0 Å². The first-order valence-corrected chi connectivity index (χ1v) is 8.72. The second kappa shape index (κ2) is 6.13. The molecular formula is C17H31NO. The van der Waals surface area contributed by atoms with Crippen LogP contribution in [0.3, 0.4) is 0 Å². The zero-order chi connectivity index (χ0) is 13.1. The Hall–Kier alpha value is -0.0800. The number of aliphatic hydroxyl groups excluding tert-OH is 1. The maximum absolute atomic E-state index is 10.2. The molecule has 2 atom stereocenters. The molecule has 3 saturated carbocycles. The predicted octanol–water partition coefficient (Wildman–Crippen LogP) is 3.77. The fourth-order valence-electron chi connectivity index (χ4n) is 4.81. The van der Waals surface area contributed by atoms with Crippen LogP contribution >= 0.6 is 0 Å². The second-order valence-electron chi connectivity index (χ2n) is 7.46. The summed E-state index contributed by atoms with van der Waals surface area (Å²) in [6.07, 6.45) is 17.4. The first-order valence-electron chi connectivity index (χ1n) is 8.72. The van der Waals surface area contributed by atoms with Crippen LogP contribution in [0.5, 0.6) is 0 Å². The molecule has 0 aliphatic heterocycles. The maximum atomic E-state index is 10.2. The van der Waals surface area contributed by atoms with E-state index in [2.05, 4.69) is 5.32 Å². The Morgan fingerprint density at radius 1 is 0.737 bits per heavy atom. The predicted molar refractivity (Wildman–Crippen MR) is 79.2 cm³/mol. The SMILES string of the molecule is OC1CCCCCC1NC1CCC2(CCCC2)CC1. The van der Waals surface area contributed by atoms with Gasteiger partial charge in [-0.3, -0.25) is 0 Å². The number of aliphatic hydroxyl groups is 1. The molecule has 3 fully saturated rings. The summed E-state index contributed by atoms with van der Waals surface area (Å²) in [5.74, 6) is 0. The number of rotatable bonds is 2. The molecule has 2 heteroatoms. The van der Waals surface area contributed by atoms with E-state index in [1.54, 1.807) is 0 Å². The minimum Gasteiger partial charge on any atom is -0.392 e. The summed E-state index contributed by atoms with van der Waals surface area (Å²) >= 11 is 0. The van der Waals surface area contributed by atoms with Gasteiger partial charge in [0.05, 0.1) is 6.10 Å². The Bertz CT molecular complexity index is 275. The molecule has 110 valence electrons. The van der Waals surface area contributed by atoms with Crippen LogP contribution in [0.2, 0.25) is 0 Å². The molecule has 0 aromatic rings. The summed E-state index contributed by atoms with van der Waals surface area (Å²) in [6.45, 7) is 0. The molecule has 0 aromatic heterocycles. The van der Waals surface area contributed by atoms with Crippen LogP contribution in [0, 0.1) is 5.41 Å². The van der Waals surface area contributed by atoms with Crippen LogP contribution in [-0.4, -0.2) is 23.3 Å². The Labute approximate surface area is 118 Å². The molecule has 3 aliphatic carbocycles. The molecule has 0 saturated heterocycles. The molecule has 0 heterocycles. The van der Waals surface area contributed by atoms with Gasteiger partial charge in [-0.2, -0.15) is 0 Å². The monoisotopic (exact) mass is 265 g/mol. The fourth-order valence-corrected chi connectivity index (χ4v) is 4.81. The zero-order valence-electron chi connectivity index (χ0n) is 12.4. The van der Waals surface area contributed by atoms with Crippen LogP contribution in [-0.2, 0) is 0 Å². The van der Waals surface area contributed by atoms with Gasteiger partial charge >= 0.3 is 0 Å². The van der Waals surface area contributed by atoms with Gasteiger partial charge in [-0.05, 0) is 56.8 Å². The van der Waals surface area contributed by atoms with Crippen LogP contribution in [0.15, 0.2) is 0 Å². The standard InChI is InChI=1S/C17H31NO/c19-16-7-3-1-2-6-15(16)18-14-8-12-17(13-9-14)10-4-5-11-17/h14-16,18-19H,1-13H2. The van der Waals surface area contributed by atoms with Gasteiger partial charge in [0.15, 0.2) is 0 Å². The van der Waals surface area contributed by atoms with Crippen molar-refractivity contribution < 1.29 is 5.11 Å². The van der Waals surface area contributed by atoms with E-state index in [0.29, 0.717) is 12.1 Å². The van der Waals surface area contributed by atoms with E-state index < -0.39 is 0 Å². The Balaban J connectivity index is 1.48. The van der Waals surface area contributed by atoms with E-state index in [1.807, 2.05) is 0 Å². The van der Waals surface area contributed by atoms with Crippen molar-refractivity contribution in [3.63, 3.8) is 0 Å². The van der Waals surface area contributed by atoms with Crippen molar-refractivity contribution in [2.45, 2.75) is 102 Å². The molecule has 2 nitrogen and oxygen atoms in total. The molecule has 2 unspecified atom stereocenters. The Morgan fingerprint density at radius 3 is 2.16 bits per heavy atom. The lowest BCUT2D eigenvalue weighted by Crippen LogP contribution is -2.47. The number of hydrogen-bond acceptors (Lipinski definition) is 2. The first kappa shape index (κ1) is 13.9. The summed E-state index contributed by atoms with van der Waals surface area (Å²) in [4.78, 5) is 0. The number of hydrogen-bond donors (Lipinski definition) is 2. The molecule has 0 radical (unpaired) electrons. The van der Waals surface area contributed by atoms with Gasteiger partial charge in [-0.25, -0.2) is 0 Å². The zero-order valence-corrected chi connectivity index (χ0v) is 12.4. The Morgan fingerprint density at radius 2 is 1.42 bits per heavy atom. The average molecular weight is 265 g/mol. The van der Waals surface area contributed by atoms with Gasteiger partial charge in [0.2, 0.25) is 0 Å². The molecule has 1 spiro atoms. The van der Waals surface area contributed by atoms with Gasteiger partial charge in [-0.15, -0.1) is 0 Å². The van der Waals surface area contributed by atoms with Crippen molar-refractivity contribution in [1.82, 2.24) is 5.32 Å². The third kappa shape index (κ3) is 3.33. The van der Waals surface area contributed by atoms with Crippen LogP contribution in [0.25, 0.3) is 0 Å². The van der Waals surface area contributed by atoms with Gasteiger partial charge < -0.3 is 10.4 Å². The van der Waals surface area contributed by atoms with Crippen molar-refractivity contribution in [2.24, 2.45) is 5.41 Å². The highest BCUT2D eigenvalue weighted by molar-refractivity contribution is 4.93. The van der Waals surface area contributed by atoms with Crippen LogP contribution in [0.1, 0.15) is 83.5 Å². The Kier molecular flexibility index (Phi) is 4.48.